The lowest BCUT2D eigenvalue weighted by Crippen LogP contribution is -1.90. The van der Waals surface area contributed by atoms with Gasteiger partial charge in [0.1, 0.15) is 0 Å². The van der Waals surface area contributed by atoms with Crippen molar-refractivity contribution in [1.82, 2.24) is 0 Å². The van der Waals surface area contributed by atoms with Gasteiger partial charge in [-0.1, -0.05) is 67.6 Å². The molecule has 2 aromatic carbocycles. The maximum Gasteiger partial charge on any atom is -0.00132 e. The molecule has 0 heteroatoms. The average Bonchev–Trinajstić information content (AvgIpc) is 2.84. The van der Waals surface area contributed by atoms with Gasteiger partial charge in [-0.05, 0) is 53.1 Å². The standard InChI is InChI=1S/C20H20/c1-3-5-6-9-16-12-18-13-17-10-7-8-11-19(17)20(18)14-15(16)4-2/h3,5-12,14H,4,13H2,1-2H3. The van der Waals surface area contributed by atoms with E-state index >= 15 is 0 Å². The molecule has 0 nitrogen and oxygen atoms in total. The van der Waals surface area contributed by atoms with E-state index in [1.165, 1.54) is 33.4 Å². The van der Waals surface area contributed by atoms with Crippen molar-refractivity contribution >= 4 is 6.08 Å². The van der Waals surface area contributed by atoms with E-state index in [1.54, 1.807) is 0 Å². The molecule has 0 unspecified atom stereocenters. The first kappa shape index (κ1) is 12.9. The first-order valence-electron chi connectivity index (χ1n) is 7.37. The fraction of sp³-hybridized carbons (Fsp3) is 0.200. The lowest BCUT2D eigenvalue weighted by Gasteiger charge is -2.08. The number of aryl methyl sites for hydroxylation is 1. The molecule has 0 saturated heterocycles. The minimum Gasteiger partial charge on any atom is -0.0877 e. The van der Waals surface area contributed by atoms with Crippen LogP contribution >= 0.6 is 0 Å². The summed E-state index contributed by atoms with van der Waals surface area (Å²) < 4.78 is 0. The van der Waals surface area contributed by atoms with Crippen molar-refractivity contribution in [1.29, 1.82) is 0 Å². The van der Waals surface area contributed by atoms with Crippen LogP contribution in [0.4, 0.5) is 0 Å². The second-order valence-corrected chi connectivity index (χ2v) is 5.28. The van der Waals surface area contributed by atoms with E-state index in [0.29, 0.717) is 0 Å². The number of fused-ring (bicyclic) bond motifs is 3. The van der Waals surface area contributed by atoms with E-state index in [-0.39, 0.29) is 0 Å². The quantitative estimate of drug-likeness (QED) is 0.552. The summed E-state index contributed by atoms with van der Waals surface area (Å²) in [4.78, 5) is 0. The van der Waals surface area contributed by atoms with Gasteiger partial charge in [-0.2, -0.15) is 0 Å². The fourth-order valence-corrected chi connectivity index (χ4v) is 2.98. The zero-order valence-electron chi connectivity index (χ0n) is 12.2. The SMILES string of the molecule is CC=CC=Cc1cc2c(cc1CC)-c1ccccc1C2. The Kier molecular flexibility index (Phi) is 3.56. The third kappa shape index (κ3) is 2.22. The lowest BCUT2D eigenvalue weighted by molar-refractivity contribution is 1.13. The number of hydrogen-bond acceptors (Lipinski definition) is 0. The molecule has 0 heterocycles. The van der Waals surface area contributed by atoms with Crippen LogP contribution in [0.1, 0.15) is 36.1 Å². The molecule has 100 valence electrons. The Balaban J connectivity index is 2.08. The maximum absolute atomic E-state index is 2.39. The summed E-state index contributed by atoms with van der Waals surface area (Å²) in [6, 6.07) is 13.5. The molecule has 0 atom stereocenters. The van der Waals surface area contributed by atoms with Crippen molar-refractivity contribution in [3.63, 3.8) is 0 Å². The molecule has 0 aliphatic heterocycles. The van der Waals surface area contributed by atoms with Crippen molar-refractivity contribution in [3.05, 3.63) is 76.9 Å². The zero-order valence-corrected chi connectivity index (χ0v) is 12.2. The fourth-order valence-electron chi connectivity index (χ4n) is 2.98. The van der Waals surface area contributed by atoms with Crippen molar-refractivity contribution in [3.8, 4) is 11.1 Å². The van der Waals surface area contributed by atoms with Crippen molar-refractivity contribution < 1.29 is 0 Å². The molecule has 20 heavy (non-hydrogen) atoms. The molecule has 0 aromatic heterocycles. The van der Waals surface area contributed by atoms with Crippen LogP contribution in [0.2, 0.25) is 0 Å². The number of benzene rings is 2. The molecule has 0 saturated carbocycles. The Morgan fingerprint density at radius 3 is 2.65 bits per heavy atom. The molecule has 2 aromatic rings. The van der Waals surface area contributed by atoms with Gasteiger partial charge in [0.05, 0.1) is 0 Å². The van der Waals surface area contributed by atoms with E-state index in [1.807, 2.05) is 6.92 Å². The van der Waals surface area contributed by atoms with Gasteiger partial charge < -0.3 is 0 Å². The minimum absolute atomic E-state index is 1.07. The summed E-state index contributed by atoms with van der Waals surface area (Å²) in [5.74, 6) is 0. The van der Waals surface area contributed by atoms with Crippen molar-refractivity contribution in [2.24, 2.45) is 0 Å². The molecule has 3 rings (SSSR count). The second-order valence-electron chi connectivity index (χ2n) is 5.28. The molecule has 1 aliphatic rings. The Morgan fingerprint density at radius 2 is 1.85 bits per heavy atom. The Hall–Kier alpha value is -2.08. The van der Waals surface area contributed by atoms with E-state index in [0.717, 1.165) is 12.8 Å². The van der Waals surface area contributed by atoms with Crippen LogP contribution in [0.3, 0.4) is 0 Å². The first-order chi connectivity index (χ1) is 9.83. The highest BCUT2D eigenvalue weighted by atomic mass is 14.2. The van der Waals surface area contributed by atoms with Crippen LogP contribution in [0, 0.1) is 0 Å². The highest BCUT2D eigenvalue weighted by molar-refractivity contribution is 5.79. The monoisotopic (exact) mass is 260 g/mol. The van der Waals surface area contributed by atoms with Crippen molar-refractivity contribution in [2.45, 2.75) is 26.7 Å². The van der Waals surface area contributed by atoms with Crippen LogP contribution in [-0.2, 0) is 12.8 Å². The second kappa shape index (κ2) is 5.50. The molecule has 0 radical (unpaired) electrons. The summed E-state index contributed by atoms with van der Waals surface area (Å²) in [6.45, 7) is 4.28. The van der Waals surface area contributed by atoms with Gasteiger partial charge in [-0.3, -0.25) is 0 Å². The molecular weight excluding hydrogens is 240 g/mol. The Labute approximate surface area is 121 Å². The smallest absolute Gasteiger partial charge is 0.00132 e. The van der Waals surface area contributed by atoms with E-state index < -0.39 is 0 Å². The average molecular weight is 260 g/mol. The van der Waals surface area contributed by atoms with E-state index in [2.05, 4.69) is 67.6 Å². The van der Waals surface area contributed by atoms with Gasteiger partial charge in [0.15, 0.2) is 0 Å². The van der Waals surface area contributed by atoms with Crippen LogP contribution < -0.4 is 0 Å². The molecule has 0 N–H and O–H groups in total. The highest BCUT2D eigenvalue weighted by Crippen LogP contribution is 2.38. The summed E-state index contributed by atoms with van der Waals surface area (Å²) in [5.41, 5.74) is 8.56. The Bertz CT molecular complexity index is 687. The molecule has 0 spiro atoms. The maximum atomic E-state index is 2.39. The normalized spacial score (nSPS) is 13.1. The van der Waals surface area contributed by atoms with Crippen LogP contribution in [0.15, 0.2) is 54.6 Å². The van der Waals surface area contributed by atoms with Gasteiger partial charge in [-0.15, -0.1) is 0 Å². The summed E-state index contributed by atoms with van der Waals surface area (Å²) in [5, 5.41) is 0. The van der Waals surface area contributed by atoms with Gasteiger partial charge >= 0.3 is 0 Å². The lowest BCUT2D eigenvalue weighted by atomic mass is 9.96. The van der Waals surface area contributed by atoms with Gasteiger partial charge in [-0.25, -0.2) is 0 Å². The third-order valence-electron chi connectivity index (χ3n) is 4.01. The number of allylic oxidation sites excluding steroid dienone is 3. The Morgan fingerprint density at radius 1 is 1.00 bits per heavy atom. The minimum atomic E-state index is 1.07. The molecule has 0 amide bonds. The van der Waals surface area contributed by atoms with Gasteiger partial charge in [0, 0.05) is 0 Å². The van der Waals surface area contributed by atoms with E-state index in [4.69, 9.17) is 0 Å². The molecule has 0 fully saturated rings. The summed E-state index contributed by atoms with van der Waals surface area (Å²) in [6.07, 6.45) is 10.6. The van der Waals surface area contributed by atoms with E-state index in [9.17, 15) is 0 Å². The topological polar surface area (TPSA) is 0 Å². The molecule has 1 aliphatic carbocycles. The van der Waals surface area contributed by atoms with Crippen LogP contribution in [-0.4, -0.2) is 0 Å². The third-order valence-corrected chi connectivity index (χ3v) is 4.01. The first-order valence-corrected chi connectivity index (χ1v) is 7.37. The molecule has 0 bridgehead atoms. The van der Waals surface area contributed by atoms with Crippen molar-refractivity contribution in [2.75, 3.05) is 0 Å². The largest absolute Gasteiger partial charge is 0.0877 e. The van der Waals surface area contributed by atoms with Gasteiger partial charge in [0.2, 0.25) is 0 Å². The van der Waals surface area contributed by atoms with Crippen LogP contribution in [0.25, 0.3) is 17.2 Å². The zero-order chi connectivity index (χ0) is 13.9. The van der Waals surface area contributed by atoms with Crippen LogP contribution in [0.5, 0.6) is 0 Å². The predicted molar refractivity (Wildman–Crippen MR) is 87.9 cm³/mol. The highest BCUT2D eigenvalue weighted by Gasteiger charge is 2.18. The van der Waals surface area contributed by atoms with Gasteiger partial charge in [0.25, 0.3) is 0 Å². The number of rotatable bonds is 3. The number of hydrogen-bond donors (Lipinski definition) is 0. The summed E-state index contributed by atoms with van der Waals surface area (Å²) >= 11 is 0. The molecular formula is C20H20. The summed E-state index contributed by atoms with van der Waals surface area (Å²) in [7, 11) is 0. The predicted octanol–water partition coefficient (Wildman–Crippen LogP) is 5.41.